The van der Waals surface area contributed by atoms with E-state index in [0.717, 1.165) is 22.6 Å². The van der Waals surface area contributed by atoms with E-state index in [0.29, 0.717) is 12.2 Å². The van der Waals surface area contributed by atoms with Crippen LogP contribution in [0.1, 0.15) is 11.3 Å². The van der Waals surface area contributed by atoms with Gasteiger partial charge in [-0.15, -0.1) is 0 Å². The van der Waals surface area contributed by atoms with Gasteiger partial charge in [0.25, 0.3) is 0 Å². The first-order valence-corrected chi connectivity index (χ1v) is 8.01. The zero-order valence-electron chi connectivity index (χ0n) is 13.9. The number of anilines is 2. The smallest absolute Gasteiger partial charge is 0.250 e. The van der Waals surface area contributed by atoms with Crippen LogP contribution in [0.2, 0.25) is 0 Å². The normalized spacial score (nSPS) is 10.5. The van der Waals surface area contributed by atoms with Gasteiger partial charge in [-0.3, -0.25) is 4.79 Å². The zero-order chi connectivity index (χ0) is 17.6. The molecule has 25 heavy (non-hydrogen) atoms. The predicted octanol–water partition coefficient (Wildman–Crippen LogP) is 2.72. The molecule has 0 spiro atoms. The summed E-state index contributed by atoms with van der Waals surface area (Å²) >= 11 is 0. The van der Waals surface area contributed by atoms with Gasteiger partial charge in [0, 0.05) is 29.7 Å². The molecule has 0 atom stereocenters. The van der Waals surface area contributed by atoms with Crippen molar-refractivity contribution in [1.29, 1.82) is 0 Å². The third-order valence-electron chi connectivity index (χ3n) is 3.79. The molecule has 0 radical (unpaired) electrons. The maximum Gasteiger partial charge on any atom is 0.250 e. The molecular formula is C19H20N4O2. The number of nitrogens with zero attached hydrogens (tertiary/aromatic N) is 2. The largest absolute Gasteiger partial charge is 0.387 e. The monoisotopic (exact) mass is 336 g/mol. The van der Waals surface area contributed by atoms with Gasteiger partial charge in [0.2, 0.25) is 5.91 Å². The van der Waals surface area contributed by atoms with Gasteiger partial charge in [-0.2, -0.15) is 5.10 Å². The van der Waals surface area contributed by atoms with Crippen LogP contribution in [0, 0.1) is 6.92 Å². The molecule has 0 saturated heterocycles. The van der Waals surface area contributed by atoms with Crippen LogP contribution in [0.4, 0.5) is 11.4 Å². The number of carbonyl (C=O) groups excluding carboxylic acids is 1. The Bertz CT molecular complexity index is 859. The molecule has 6 heteroatoms. The third-order valence-corrected chi connectivity index (χ3v) is 3.79. The minimum absolute atomic E-state index is 0.433. The van der Waals surface area contributed by atoms with Gasteiger partial charge >= 0.3 is 0 Å². The molecule has 3 N–H and O–H groups in total. The van der Waals surface area contributed by atoms with E-state index in [4.69, 9.17) is 5.11 Å². The summed E-state index contributed by atoms with van der Waals surface area (Å²) in [6.07, 6.45) is 2.01. The van der Waals surface area contributed by atoms with E-state index < -0.39 is 12.5 Å². The molecule has 0 unspecified atom stereocenters. The molecule has 3 rings (SSSR count). The summed E-state index contributed by atoms with van der Waals surface area (Å²) in [5.41, 5.74) is 4.59. The molecule has 0 aliphatic rings. The van der Waals surface area contributed by atoms with E-state index in [1.807, 2.05) is 66.3 Å². The van der Waals surface area contributed by atoms with E-state index in [9.17, 15) is 4.79 Å². The molecule has 0 saturated carbocycles. The van der Waals surface area contributed by atoms with Crippen LogP contribution in [0.3, 0.4) is 0 Å². The Hall–Kier alpha value is -3.12. The fourth-order valence-electron chi connectivity index (χ4n) is 2.49. The molecule has 6 nitrogen and oxygen atoms in total. The second-order valence-electron chi connectivity index (χ2n) is 5.66. The quantitative estimate of drug-likeness (QED) is 0.647. The number of benzene rings is 2. The standard InChI is InChI=1S/C19H20N4O2/c1-14-15(12-23(22-14)18-8-3-2-4-9-18)11-20-16-6-5-7-17(10-16)21-19(25)13-24/h2-10,12,20,24H,11,13H2,1H3,(H,21,25). The van der Waals surface area contributed by atoms with Gasteiger partial charge in [0.15, 0.2) is 0 Å². The lowest BCUT2D eigenvalue weighted by Gasteiger charge is -2.08. The summed E-state index contributed by atoms with van der Waals surface area (Å²) in [4.78, 5) is 11.3. The Morgan fingerprint density at radius 2 is 1.88 bits per heavy atom. The van der Waals surface area contributed by atoms with Gasteiger partial charge < -0.3 is 15.7 Å². The molecule has 0 fully saturated rings. The van der Waals surface area contributed by atoms with Crippen LogP contribution in [-0.4, -0.2) is 27.4 Å². The van der Waals surface area contributed by atoms with Crippen LogP contribution in [0.15, 0.2) is 60.8 Å². The molecule has 1 aromatic heterocycles. The van der Waals surface area contributed by atoms with E-state index in [1.165, 1.54) is 0 Å². The van der Waals surface area contributed by atoms with Crippen LogP contribution in [0.25, 0.3) is 5.69 Å². The van der Waals surface area contributed by atoms with E-state index in [-0.39, 0.29) is 0 Å². The zero-order valence-corrected chi connectivity index (χ0v) is 13.9. The molecule has 0 aliphatic carbocycles. The number of carbonyl (C=O) groups is 1. The SMILES string of the molecule is Cc1nn(-c2ccccc2)cc1CNc1cccc(NC(=O)CO)c1. The lowest BCUT2D eigenvalue weighted by molar-refractivity contribution is -0.118. The summed E-state index contributed by atoms with van der Waals surface area (Å²) in [7, 11) is 0. The Kier molecular flexibility index (Phi) is 5.11. The third kappa shape index (κ3) is 4.24. The summed E-state index contributed by atoms with van der Waals surface area (Å²) in [6.45, 7) is 2.07. The van der Waals surface area contributed by atoms with Crippen molar-refractivity contribution >= 4 is 17.3 Å². The minimum atomic E-state index is -0.532. The van der Waals surface area contributed by atoms with Gasteiger partial charge in [-0.25, -0.2) is 4.68 Å². The summed E-state index contributed by atoms with van der Waals surface area (Å²) in [5, 5.41) is 19.3. The van der Waals surface area contributed by atoms with Gasteiger partial charge in [-0.05, 0) is 37.3 Å². The average Bonchev–Trinajstić information content (AvgIpc) is 3.02. The Morgan fingerprint density at radius 1 is 1.12 bits per heavy atom. The van der Waals surface area contributed by atoms with Crippen LogP contribution in [0.5, 0.6) is 0 Å². The highest BCUT2D eigenvalue weighted by atomic mass is 16.3. The molecule has 1 heterocycles. The van der Waals surface area contributed by atoms with Crippen molar-refractivity contribution in [3.8, 4) is 5.69 Å². The first-order valence-electron chi connectivity index (χ1n) is 8.01. The highest BCUT2D eigenvalue weighted by molar-refractivity contribution is 5.91. The van der Waals surface area contributed by atoms with Gasteiger partial charge in [-0.1, -0.05) is 24.3 Å². The number of aliphatic hydroxyl groups is 1. The maximum absolute atomic E-state index is 11.3. The molecular weight excluding hydrogens is 316 g/mol. The fourth-order valence-corrected chi connectivity index (χ4v) is 2.49. The summed E-state index contributed by atoms with van der Waals surface area (Å²) < 4.78 is 1.87. The Balaban J connectivity index is 1.69. The number of para-hydroxylation sites is 1. The number of rotatable bonds is 6. The number of nitrogens with one attached hydrogen (secondary N) is 2. The van der Waals surface area contributed by atoms with Crippen molar-refractivity contribution in [2.24, 2.45) is 0 Å². The van der Waals surface area contributed by atoms with E-state index >= 15 is 0 Å². The number of amides is 1. The number of hydrogen-bond donors (Lipinski definition) is 3. The number of aromatic nitrogens is 2. The molecule has 0 aliphatic heterocycles. The molecule has 128 valence electrons. The lowest BCUT2D eigenvalue weighted by Crippen LogP contribution is -2.15. The van der Waals surface area contributed by atoms with Crippen molar-refractivity contribution < 1.29 is 9.90 Å². The first kappa shape index (κ1) is 16.7. The number of aryl methyl sites for hydroxylation is 1. The summed E-state index contributed by atoms with van der Waals surface area (Å²) in [6, 6.07) is 17.3. The lowest BCUT2D eigenvalue weighted by atomic mass is 10.2. The molecule has 1 amide bonds. The maximum atomic E-state index is 11.3. The van der Waals surface area contributed by atoms with Gasteiger partial charge in [0.1, 0.15) is 6.61 Å². The van der Waals surface area contributed by atoms with Crippen molar-refractivity contribution in [1.82, 2.24) is 9.78 Å². The highest BCUT2D eigenvalue weighted by Gasteiger charge is 2.07. The van der Waals surface area contributed by atoms with Crippen molar-refractivity contribution in [2.75, 3.05) is 17.2 Å². The minimum Gasteiger partial charge on any atom is -0.387 e. The molecule has 3 aromatic rings. The topological polar surface area (TPSA) is 79.2 Å². The fraction of sp³-hybridized carbons (Fsp3) is 0.158. The van der Waals surface area contributed by atoms with Crippen LogP contribution < -0.4 is 10.6 Å². The van der Waals surface area contributed by atoms with Crippen molar-refractivity contribution in [2.45, 2.75) is 13.5 Å². The van der Waals surface area contributed by atoms with Crippen molar-refractivity contribution in [3.63, 3.8) is 0 Å². The highest BCUT2D eigenvalue weighted by Crippen LogP contribution is 2.17. The van der Waals surface area contributed by atoms with E-state index in [2.05, 4.69) is 15.7 Å². The molecule has 2 aromatic carbocycles. The Morgan fingerprint density at radius 3 is 2.64 bits per heavy atom. The Labute approximate surface area is 146 Å². The summed E-state index contributed by atoms with van der Waals surface area (Å²) in [5.74, 6) is -0.433. The van der Waals surface area contributed by atoms with Crippen molar-refractivity contribution in [3.05, 3.63) is 72.1 Å². The van der Waals surface area contributed by atoms with Crippen LogP contribution in [-0.2, 0) is 11.3 Å². The second kappa shape index (κ2) is 7.63. The first-order chi connectivity index (χ1) is 12.2. The van der Waals surface area contributed by atoms with E-state index in [1.54, 1.807) is 6.07 Å². The van der Waals surface area contributed by atoms with Crippen LogP contribution >= 0.6 is 0 Å². The van der Waals surface area contributed by atoms with Gasteiger partial charge in [0.05, 0.1) is 11.4 Å². The molecule has 0 bridgehead atoms. The predicted molar refractivity (Wildman–Crippen MR) is 97.8 cm³/mol. The number of aliphatic hydroxyl groups excluding tert-OH is 1. The average molecular weight is 336 g/mol. The second-order valence-corrected chi connectivity index (χ2v) is 5.66. The number of hydrogen-bond acceptors (Lipinski definition) is 4.